The fraction of sp³-hybridized carbons (Fsp3) is 0.227. The third-order valence-electron chi connectivity index (χ3n) is 4.72. The van der Waals surface area contributed by atoms with Crippen LogP contribution in [0.4, 0.5) is 11.4 Å². The number of hydrogen-bond acceptors (Lipinski definition) is 5. The van der Waals surface area contributed by atoms with E-state index < -0.39 is 5.97 Å². The number of fused-ring (bicyclic) bond motifs is 1. The average Bonchev–Trinajstić information content (AvgIpc) is 2.70. The molecular formula is C22H23N3O3. The van der Waals surface area contributed by atoms with E-state index >= 15 is 0 Å². The van der Waals surface area contributed by atoms with E-state index in [1.165, 1.54) is 6.20 Å². The highest BCUT2D eigenvalue weighted by Crippen LogP contribution is 2.32. The van der Waals surface area contributed by atoms with Crippen LogP contribution in [0, 0.1) is 13.8 Å². The Morgan fingerprint density at radius 1 is 1.14 bits per heavy atom. The lowest BCUT2D eigenvalue weighted by atomic mass is 10.0. The molecule has 0 radical (unpaired) electrons. The third kappa shape index (κ3) is 3.67. The lowest BCUT2D eigenvalue weighted by molar-refractivity contribution is 0.0527. The van der Waals surface area contributed by atoms with Crippen LogP contribution in [-0.4, -0.2) is 30.5 Å². The van der Waals surface area contributed by atoms with Gasteiger partial charge in [0.15, 0.2) is 0 Å². The maximum Gasteiger partial charge on any atom is 0.341 e. The van der Waals surface area contributed by atoms with Crippen LogP contribution in [0.2, 0.25) is 0 Å². The minimum absolute atomic E-state index is 0.207. The van der Waals surface area contributed by atoms with E-state index in [1.807, 2.05) is 32.0 Å². The standard InChI is InChI=1S/C22H23N3O3/c1-5-28-22(27)17-12-24-19-10-9-15(21(26)23-4)11-16(19)20(17)25-18-8-6-7-13(2)14(18)3/h6-12H,5H2,1-4H3,(H,23,26)(H,24,25). The molecule has 0 atom stereocenters. The second-order valence-electron chi connectivity index (χ2n) is 6.45. The first kappa shape index (κ1) is 19.4. The zero-order valence-corrected chi connectivity index (χ0v) is 16.4. The van der Waals surface area contributed by atoms with E-state index in [4.69, 9.17) is 4.74 Å². The van der Waals surface area contributed by atoms with Gasteiger partial charge in [0.25, 0.3) is 5.91 Å². The highest BCUT2D eigenvalue weighted by molar-refractivity contribution is 6.08. The zero-order valence-electron chi connectivity index (χ0n) is 16.4. The van der Waals surface area contributed by atoms with Crippen molar-refractivity contribution in [3.63, 3.8) is 0 Å². The van der Waals surface area contributed by atoms with Gasteiger partial charge in [0, 0.05) is 29.9 Å². The van der Waals surface area contributed by atoms with Crippen LogP contribution in [0.1, 0.15) is 38.8 Å². The second-order valence-corrected chi connectivity index (χ2v) is 6.45. The number of nitrogens with zero attached hydrogens (tertiary/aromatic N) is 1. The largest absolute Gasteiger partial charge is 0.462 e. The number of amides is 1. The summed E-state index contributed by atoms with van der Waals surface area (Å²) in [6.07, 6.45) is 1.51. The topological polar surface area (TPSA) is 80.3 Å². The summed E-state index contributed by atoms with van der Waals surface area (Å²) in [6.45, 7) is 6.06. The summed E-state index contributed by atoms with van der Waals surface area (Å²) < 4.78 is 5.21. The summed E-state index contributed by atoms with van der Waals surface area (Å²) in [7, 11) is 1.58. The van der Waals surface area contributed by atoms with Gasteiger partial charge < -0.3 is 15.4 Å². The predicted molar refractivity (Wildman–Crippen MR) is 110 cm³/mol. The van der Waals surface area contributed by atoms with E-state index in [-0.39, 0.29) is 12.5 Å². The summed E-state index contributed by atoms with van der Waals surface area (Å²) >= 11 is 0. The van der Waals surface area contributed by atoms with Gasteiger partial charge in [0.1, 0.15) is 5.56 Å². The average molecular weight is 377 g/mol. The zero-order chi connectivity index (χ0) is 20.3. The third-order valence-corrected chi connectivity index (χ3v) is 4.72. The van der Waals surface area contributed by atoms with E-state index in [0.717, 1.165) is 16.8 Å². The van der Waals surface area contributed by atoms with E-state index in [1.54, 1.807) is 32.2 Å². The number of carbonyl (C=O) groups is 2. The Morgan fingerprint density at radius 2 is 1.93 bits per heavy atom. The number of ether oxygens (including phenoxy) is 1. The Kier molecular flexibility index (Phi) is 5.59. The van der Waals surface area contributed by atoms with Gasteiger partial charge in [-0.05, 0) is 56.2 Å². The second kappa shape index (κ2) is 8.08. The number of hydrogen-bond donors (Lipinski definition) is 2. The first-order valence-electron chi connectivity index (χ1n) is 9.11. The smallest absolute Gasteiger partial charge is 0.341 e. The number of nitrogens with one attached hydrogen (secondary N) is 2. The molecular weight excluding hydrogens is 354 g/mol. The molecule has 0 aliphatic heterocycles. The Hall–Kier alpha value is -3.41. The monoisotopic (exact) mass is 377 g/mol. The maximum absolute atomic E-state index is 12.5. The van der Waals surface area contributed by atoms with Crippen molar-refractivity contribution in [2.75, 3.05) is 19.0 Å². The molecule has 0 unspecified atom stereocenters. The summed E-state index contributed by atoms with van der Waals surface area (Å²) in [5.74, 6) is -0.670. The molecule has 28 heavy (non-hydrogen) atoms. The fourth-order valence-electron chi connectivity index (χ4n) is 3.00. The number of rotatable bonds is 5. The molecule has 2 aromatic carbocycles. The van der Waals surface area contributed by atoms with Gasteiger partial charge in [0.2, 0.25) is 0 Å². The van der Waals surface area contributed by atoms with Gasteiger partial charge in [-0.25, -0.2) is 4.79 Å². The number of esters is 1. The first-order valence-corrected chi connectivity index (χ1v) is 9.11. The molecule has 0 aliphatic carbocycles. The van der Waals surface area contributed by atoms with Crippen molar-refractivity contribution in [3.8, 4) is 0 Å². The molecule has 3 rings (SSSR count). The molecule has 0 bridgehead atoms. The highest BCUT2D eigenvalue weighted by Gasteiger charge is 2.19. The van der Waals surface area contributed by atoms with Crippen molar-refractivity contribution >= 4 is 34.2 Å². The van der Waals surface area contributed by atoms with E-state index in [2.05, 4.69) is 15.6 Å². The molecule has 6 nitrogen and oxygen atoms in total. The lowest BCUT2D eigenvalue weighted by Gasteiger charge is -2.17. The molecule has 6 heteroatoms. The van der Waals surface area contributed by atoms with Gasteiger partial charge in [0.05, 0.1) is 17.8 Å². The van der Waals surface area contributed by atoms with Gasteiger partial charge in [-0.1, -0.05) is 12.1 Å². The van der Waals surface area contributed by atoms with Gasteiger partial charge in [-0.2, -0.15) is 0 Å². The number of benzene rings is 2. The molecule has 1 amide bonds. The van der Waals surface area contributed by atoms with Crippen molar-refractivity contribution in [3.05, 3.63) is 64.8 Å². The lowest BCUT2D eigenvalue weighted by Crippen LogP contribution is -2.17. The number of aryl methyl sites for hydroxylation is 1. The Morgan fingerprint density at radius 3 is 2.64 bits per heavy atom. The van der Waals surface area contributed by atoms with Crippen molar-refractivity contribution in [2.45, 2.75) is 20.8 Å². The Labute approximate surface area is 163 Å². The molecule has 0 spiro atoms. The van der Waals surface area contributed by atoms with Crippen LogP contribution < -0.4 is 10.6 Å². The maximum atomic E-state index is 12.5. The Bertz CT molecular complexity index is 1060. The quantitative estimate of drug-likeness (QED) is 0.654. The molecule has 1 heterocycles. The molecule has 0 saturated heterocycles. The number of aromatic nitrogens is 1. The van der Waals surface area contributed by atoms with Crippen LogP contribution in [0.15, 0.2) is 42.6 Å². The molecule has 1 aromatic heterocycles. The minimum atomic E-state index is -0.463. The highest BCUT2D eigenvalue weighted by atomic mass is 16.5. The van der Waals surface area contributed by atoms with Crippen LogP contribution >= 0.6 is 0 Å². The minimum Gasteiger partial charge on any atom is -0.462 e. The fourth-order valence-corrected chi connectivity index (χ4v) is 3.00. The summed E-state index contributed by atoms with van der Waals surface area (Å²) in [4.78, 5) is 29.0. The normalized spacial score (nSPS) is 10.6. The first-order chi connectivity index (χ1) is 13.5. The van der Waals surface area contributed by atoms with Crippen LogP contribution in [-0.2, 0) is 4.74 Å². The van der Waals surface area contributed by atoms with Crippen LogP contribution in [0.3, 0.4) is 0 Å². The van der Waals surface area contributed by atoms with Crippen LogP contribution in [0.5, 0.6) is 0 Å². The summed E-state index contributed by atoms with van der Waals surface area (Å²) in [6, 6.07) is 11.1. The van der Waals surface area contributed by atoms with Crippen molar-refractivity contribution < 1.29 is 14.3 Å². The molecule has 3 aromatic rings. The Balaban J connectivity index is 2.24. The summed E-state index contributed by atoms with van der Waals surface area (Å²) in [5, 5.41) is 6.67. The van der Waals surface area contributed by atoms with Gasteiger partial charge in [-0.3, -0.25) is 9.78 Å². The van der Waals surface area contributed by atoms with Gasteiger partial charge in [-0.15, -0.1) is 0 Å². The molecule has 144 valence electrons. The molecule has 2 N–H and O–H groups in total. The van der Waals surface area contributed by atoms with Crippen molar-refractivity contribution in [1.82, 2.24) is 10.3 Å². The predicted octanol–water partition coefficient (Wildman–Crippen LogP) is 4.13. The van der Waals surface area contributed by atoms with E-state index in [0.29, 0.717) is 27.7 Å². The van der Waals surface area contributed by atoms with Crippen molar-refractivity contribution in [1.29, 1.82) is 0 Å². The number of carbonyl (C=O) groups excluding carboxylic acids is 2. The van der Waals surface area contributed by atoms with Gasteiger partial charge >= 0.3 is 5.97 Å². The number of pyridine rings is 1. The van der Waals surface area contributed by atoms with Crippen LogP contribution in [0.25, 0.3) is 10.9 Å². The molecule has 0 saturated carbocycles. The van der Waals surface area contributed by atoms with Crippen molar-refractivity contribution in [2.24, 2.45) is 0 Å². The molecule has 0 fully saturated rings. The number of anilines is 2. The summed E-state index contributed by atoms with van der Waals surface area (Å²) in [5.41, 5.74) is 5.14. The SMILES string of the molecule is CCOC(=O)c1cnc2ccc(C(=O)NC)cc2c1Nc1cccc(C)c1C. The molecule has 0 aliphatic rings. The van der Waals surface area contributed by atoms with E-state index in [9.17, 15) is 9.59 Å².